The molecule has 0 atom stereocenters. The molecule has 1 aliphatic heterocycles. The topological polar surface area (TPSA) is 31.6 Å². The Hall–Kier alpha value is -0.840. The van der Waals surface area contributed by atoms with E-state index in [1.807, 2.05) is 0 Å². The molecule has 20 heavy (non-hydrogen) atoms. The van der Waals surface area contributed by atoms with Crippen molar-refractivity contribution >= 4 is 0 Å². The first-order valence-corrected chi connectivity index (χ1v) is 7.90. The second-order valence-electron chi connectivity index (χ2n) is 6.47. The SMILES string of the molecule is CN1CCC(N(C)Cc2ccc(CNC3CC3)o2)CC1. The maximum absolute atomic E-state index is 5.93. The normalized spacial score (nSPS) is 21.8. The first-order chi connectivity index (χ1) is 9.70. The summed E-state index contributed by atoms with van der Waals surface area (Å²) < 4.78 is 5.93. The van der Waals surface area contributed by atoms with Crippen LogP contribution in [0.15, 0.2) is 16.5 Å². The highest BCUT2D eigenvalue weighted by atomic mass is 16.3. The van der Waals surface area contributed by atoms with Gasteiger partial charge in [0.15, 0.2) is 0 Å². The minimum Gasteiger partial charge on any atom is -0.463 e. The third-order valence-corrected chi connectivity index (χ3v) is 4.58. The van der Waals surface area contributed by atoms with Crippen LogP contribution in [0.5, 0.6) is 0 Å². The molecule has 2 heterocycles. The molecular formula is C16H27N3O. The van der Waals surface area contributed by atoms with Crippen LogP contribution in [0.4, 0.5) is 0 Å². The van der Waals surface area contributed by atoms with E-state index in [2.05, 4.69) is 41.3 Å². The Bertz CT molecular complexity index is 419. The van der Waals surface area contributed by atoms with Crippen LogP contribution in [0.3, 0.4) is 0 Å². The van der Waals surface area contributed by atoms with E-state index in [1.165, 1.54) is 38.8 Å². The highest BCUT2D eigenvalue weighted by Crippen LogP contribution is 2.21. The molecule has 4 nitrogen and oxygen atoms in total. The Morgan fingerprint density at radius 2 is 1.90 bits per heavy atom. The van der Waals surface area contributed by atoms with Gasteiger partial charge in [0.2, 0.25) is 0 Å². The Morgan fingerprint density at radius 3 is 2.60 bits per heavy atom. The Morgan fingerprint density at radius 1 is 1.20 bits per heavy atom. The lowest BCUT2D eigenvalue weighted by Gasteiger charge is -2.34. The molecule has 1 aromatic heterocycles. The predicted molar refractivity (Wildman–Crippen MR) is 80.6 cm³/mol. The van der Waals surface area contributed by atoms with Gasteiger partial charge < -0.3 is 14.6 Å². The summed E-state index contributed by atoms with van der Waals surface area (Å²) in [5.41, 5.74) is 0. The summed E-state index contributed by atoms with van der Waals surface area (Å²) in [4.78, 5) is 4.86. The van der Waals surface area contributed by atoms with E-state index in [1.54, 1.807) is 0 Å². The molecule has 0 bridgehead atoms. The van der Waals surface area contributed by atoms with Crippen LogP contribution in [0.1, 0.15) is 37.2 Å². The molecule has 1 aliphatic carbocycles. The zero-order valence-corrected chi connectivity index (χ0v) is 12.8. The van der Waals surface area contributed by atoms with Gasteiger partial charge in [-0.1, -0.05) is 0 Å². The summed E-state index contributed by atoms with van der Waals surface area (Å²) in [5, 5.41) is 3.49. The molecular weight excluding hydrogens is 250 g/mol. The summed E-state index contributed by atoms with van der Waals surface area (Å²) in [6.07, 6.45) is 5.19. The zero-order valence-electron chi connectivity index (χ0n) is 12.8. The number of nitrogens with zero attached hydrogens (tertiary/aromatic N) is 2. The molecule has 1 aromatic rings. The van der Waals surface area contributed by atoms with E-state index >= 15 is 0 Å². The van der Waals surface area contributed by atoms with Crippen LogP contribution >= 0.6 is 0 Å². The van der Waals surface area contributed by atoms with Gasteiger partial charge in [0.1, 0.15) is 11.5 Å². The maximum atomic E-state index is 5.93. The van der Waals surface area contributed by atoms with Gasteiger partial charge in [-0.15, -0.1) is 0 Å². The van der Waals surface area contributed by atoms with E-state index < -0.39 is 0 Å². The molecule has 2 aliphatic rings. The molecule has 2 fully saturated rings. The van der Waals surface area contributed by atoms with E-state index in [-0.39, 0.29) is 0 Å². The van der Waals surface area contributed by atoms with Gasteiger partial charge in [0.25, 0.3) is 0 Å². The van der Waals surface area contributed by atoms with Crippen molar-refractivity contribution in [2.24, 2.45) is 0 Å². The summed E-state index contributed by atoms with van der Waals surface area (Å²) >= 11 is 0. The first-order valence-electron chi connectivity index (χ1n) is 7.90. The third kappa shape index (κ3) is 3.84. The number of nitrogens with one attached hydrogen (secondary N) is 1. The summed E-state index contributed by atoms with van der Waals surface area (Å²) in [6, 6.07) is 5.69. The summed E-state index contributed by atoms with van der Waals surface area (Å²) in [5.74, 6) is 2.17. The van der Waals surface area contributed by atoms with Crippen LogP contribution in [0.25, 0.3) is 0 Å². The van der Waals surface area contributed by atoms with Crippen molar-refractivity contribution in [1.82, 2.24) is 15.1 Å². The van der Waals surface area contributed by atoms with Crippen LogP contribution in [0, 0.1) is 0 Å². The number of rotatable bonds is 6. The van der Waals surface area contributed by atoms with E-state index in [4.69, 9.17) is 4.42 Å². The molecule has 0 aromatic carbocycles. The minimum absolute atomic E-state index is 0.698. The molecule has 1 saturated carbocycles. The lowest BCUT2D eigenvalue weighted by molar-refractivity contribution is 0.132. The summed E-state index contributed by atoms with van der Waals surface area (Å²) in [7, 11) is 4.43. The van der Waals surface area contributed by atoms with Gasteiger partial charge in [0.05, 0.1) is 13.1 Å². The average molecular weight is 277 g/mol. The van der Waals surface area contributed by atoms with Crippen LogP contribution in [-0.2, 0) is 13.1 Å². The molecule has 1 N–H and O–H groups in total. The molecule has 0 unspecified atom stereocenters. The van der Waals surface area contributed by atoms with Gasteiger partial charge in [-0.3, -0.25) is 4.90 Å². The molecule has 0 spiro atoms. The smallest absolute Gasteiger partial charge is 0.118 e. The lowest BCUT2D eigenvalue weighted by atomic mass is 10.0. The number of piperidine rings is 1. The Kier molecular flexibility index (Phi) is 4.44. The van der Waals surface area contributed by atoms with Crippen molar-refractivity contribution in [3.05, 3.63) is 23.7 Å². The van der Waals surface area contributed by atoms with E-state index in [9.17, 15) is 0 Å². The Labute approximate surface area is 122 Å². The molecule has 0 amide bonds. The molecule has 4 heteroatoms. The van der Waals surface area contributed by atoms with Gasteiger partial charge >= 0.3 is 0 Å². The molecule has 0 radical (unpaired) electrons. The van der Waals surface area contributed by atoms with Crippen molar-refractivity contribution in [3.63, 3.8) is 0 Å². The average Bonchev–Trinajstić information content (AvgIpc) is 3.17. The zero-order chi connectivity index (χ0) is 13.9. The number of hydrogen-bond donors (Lipinski definition) is 1. The quantitative estimate of drug-likeness (QED) is 0.862. The fourth-order valence-electron chi connectivity index (χ4n) is 2.95. The highest BCUT2D eigenvalue weighted by Gasteiger charge is 2.22. The van der Waals surface area contributed by atoms with Crippen LogP contribution in [-0.4, -0.2) is 49.1 Å². The van der Waals surface area contributed by atoms with Crippen molar-refractivity contribution in [2.45, 2.75) is 50.9 Å². The molecule has 3 rings (SSSR count). The van der Waals surface area contributed by atoms with E-state index in [0.29, 0.717) is 6.04 Å². The highest BCUT2D eigenvalue weighted by molar-refractivity contribution is 5.07. The third-order valence-electron chi connectivity index (χ3n) is 4.58. The number of hydrogen-bond acceptors (Lipinski definition) is 4. The lowest BCUT2D eigenvalue weighted by Crippen LogP contribution is -2.41. The van der Waals surface area contributed by atoms with Gasteiger partial charge in [-0.25, -0.2) is 0 Å². The molecule has 1 saturated heterocycles. The van der Waals surface area contributed by atoms with E-state index in [0.717, 1.165) is 30.7 Å². The number of furan rings is 1. The Balaban J connectivity index is 1.46. The van der Waals surface area contributed by atoms with Crippen LogP contribution in [0.2, 0.25) is 0 Å². The summed E-state index contributed by atoms with van der Waals surface area (Å²) in [6.45, 7) is 4.23. The fraction of sp³-hybridized carbons (Fsp3) is 0.750. The molecule has 112 valence electrons. The predicted octanol–water partition coefficient (Wildman–Crippen LogP) is 2.06. The van der Waals surface area contributed by atoms with Gasteiger partial charge in [0, 0.05) is 12.1 Å². The van der Waals surface area contributed by atoms with Gasteiger partial charge in [-0.05, 0) is 65.0 Å². The second-order valence-corrected chi connectivity index (χ2v) is 6.47. The monoisotopic (exact) mass is 277 g/mol. The first kappa shape index (κ1) is 14.1. The maximum Gasteiger partial charge on any atom is 0.118 e. The second kappa shape index (κ2) is 6.29. The van der Waals surface area contributed by atoms with Gasteiger partial charge in [-0.2, -0.15) is 0 Å². The number of likely N-dealkylation sites (tertiary alicyclic amines) is 1. The van der Waals surface area contributed by atoms with Crippen molar-refractivity contribution in [2.75, 3.05) is 27.2 Å². The fourth-order valence-corrected chi connectivity index (χ4v) is 2.95. The minimum atomic E-state index is 0.698. The van der Waals surface area contributed by atoms with Crippen LogP contribution < -0.4 is 5.32 Å². The standard InChI is InChI=1S/C16H27N3O/c1-18-9-7-14(8-10-18)19(2)12-16-6-5-15(20-16)11-17-13-3-4-13/h5-6,13-14,17H,3-4,7-12H2,1-2H3. The largest absolute Gasteiger partial charge is 0.463 e. The van der Waals surface area contributed by atoms with Crippen molar-refractivity contribution in [1.29, 1.82) is 0 Å². The van der Waals surface area contributed by atoms with Crippen molar-refractivity contribution in [3.8, 4) is 0 Å². The van der Waals surface area contributed by atoms with Crippen molar-refractivity contribution < 1.29 is 4.42 Å².